The number of carbonyl (C=O) groups is 1. The van der Waals surface area contributed by atoms with E-state index >= 15 is 0 Å². The van der Waals surface area contributed by atoms with Crippen LogP contribution in [0, 0.1) is 6.92 Å². The number of aromatic nitrogens is 2. The highest BCUT2D eigenvalue weighted by Crippen LogP contribution is 2.27. The van der Waals surface area contributed by atoms with E-state index in [1.807, 2.05) is 31.2 Å². The van der Waals surface area contributed by atoms with Gasteiger partial charge in [-0.05, 0) is 31.2 Å². The fourth-order valence-electron chi connectivity index (χ4n) is 2.19. The Morgan fingerprint density at radius 3 is 2.92 bits per heavy atom. The van der Waals surface area contributed by atoms with E-state index in [-0.39, 0.29) is 19.1 Å². The lowest BCUT2D eigenvalue weighted by Crippen LogP contribution is -2.28. The number of amides is 1. The van der Waals surface area contributed by atoms with E-state index in [1.54, 1.807) is 18.2 Å². The minimum absolute atomic E-state index is 0.120. The van der Waals surface area contributed by atoms with Crippen LogP contribution >= 0.6 is 27.5 Å². The van der Waals surface area contributed by atoms with Crippen LogP contribution in [0.5, 0.6) is 5.75 Å². The zero-order valence-corrected chi connectivity index (χ0v) is 16.2. The largest absolute Gasteiger partial charge is 0.482 e. The molecule has 0 aliphatic rings. The average molecular weight is 437 g/mol. The monoisotopic (exact) mass is 435 g/mol. The fourth-order valence-corrected chi connectivity index (χ4v) is 2.92. The molecule has 0 atom stereocenters. The molecule has 0 aliphatic heterocycles. The molecular weight excluding hydrogens is 422 g/mol. The molecule has 0 unspecified atom stereocenters. The van der Waals surface area contributed by atoms with Crippen molar-refractivity contribution in [1.29, 1.82) is 0 Å². The molecule has 6 nitrogen and oxygen atoms in total. The maximum atomic E-state index is 11.9. The Morgan fingerprint density at radius 2 is 2.15 bits per heavy atom. The van der Waals surface area contributed by atoms with Crippen LogP contribution in [-0.2, 0) is 11.3 Å². The number of nitrogens with zero attached hydrogens (tertiary/aromatic N) is 2. The third kappa shape index (κ3) is 4.83. The molecule has 0 aliphatic carbocycles. The molecule has 1 N–H and O–H groups in total. The first-order valence-electron chi connectivity index (χ1n) is 7.75. The molecule has 26 heavy (non-hydrogen) atoms. The third-order valence-electron chi connectivity index (χ3n) is 3.43. The number of benzene rings is 2. The molecule has 0 radical (unpaired) electrons. The Morgan fingerprint density at radius 1 is 1.31 bits per heavy atom. The molecular formula is C18H15BrClN3O3. The Labute approximate surface area is 163 Å². The van der Waals surface area contributed by atoms with Gasteiger partial charge in [-0.3, -0.25) is 4.79 Å². The summed E-state index contributed by atoms with van der Waals surface area (Å²) in [7, 11) is 0. The van der Waals surface area contributed by atoms with Crippen molar-refractivity contribution in [1.82, 2.24) is 15.5 Å². The summed E-state index contributed by atoms with van der Waals surface area (Å²) in [6, 6.07) is 12.9. The van der Waals surface area contributed by atoms with Crippen molar-refractivity contribution in [2.75, 3.05) is 6.61 Å². The Kier molecular flexibility index (Phi) is 5.90. The first kappa shape index (κ1) is 18.4. The van der Waals surface area contributed by atoms with Gasteiger partial charge < -0.3 is 14.6 Å². The highest BCUT2D eigenvalue weighted by molar-refractivity contribution is 9.10. The number of aryl methyl sites for hydroxylation is 1. The van der Waals surface area contributed by atoms with Gasteiger partial charge >= 0.3 is 0 Å². The molecule has 1 amide bonds. The molecule has 1 aromatic heterocycles. The van der Waals surface area contributed by atoms with Gasteiger partial charge in [-0.1, -0.05) is 56.5 Å². The predicted octanol–water partition coefficient (Wildman–Crippen LogP) is 4.16. The standard InChI is InChI=1S/C18H15BrClN3O3/c1-11-3-2-4-12(7-11)18-22-17(26-23-18)9-21-16(24)10-25-15-6-5-13(19)8-14(15)20/h2-8H,9-10H2,1H3,(H,21,24). The Bertz CT molecular complexity index is 930. The maximum absolute atomic E-state index is 11.9. The fraction of sp³-hybridized carbons (Fsp3) is 0.167. The molecule has 0 saturated carbocycles. The number of hydrogen-bond acceptors (Lipinski definition) is 5. The number of ether oxygens (including phenoxy) is 1. The topological polar surface area (TPSA) is 77.2 Å². The molecule has 3 rings (SSSR count). The van der Waals surface area contributed by atoms with Crippen molar-refractivity contribution >= 4 is 33.4 Å². The third-order valence-corrected chi connectivity index (χ3v) is 4.22. The highest BCUT2D eigenvalue weighted by Gasteiger charge is 2.11. The lowest BCUT2D eigenvalue weighted by Gasteiger charge is -2.08. The summed E-state index contributed by atoms with van der Waals surface area (Å²) in [5.74, 6) is 0.913. The van der Waals surface area contributed by atoms with Crippen LogP contribution < -0.4 is 10.1 Å². The summed E-state index contributed by atoms with van der Waals surface area (Å²) in [5, 5.41) is 7.02. The minimum atomic E-state index is -0.320. The van der Waals surface area contributed by atoms with E-state index in [4.69, 9.17) is 20.9 Å². The second-order valence-electron chi connectivity index (χ2n) is 5.52. The lowest BCUT2D eigenvalue weighted by molar-refractivity contribution is -0.123. The first-order chi connectivity index (χ1) is 12.5. The van der Waals surface area contributed by atoms with Crippen LogP contribution in [0.4, 0.5) is 0 Å². The van der Waals surface area contributed by atoms with Gasteiger partial charge in [-0.2, -0.15) is 4.98 Å². The van der Waals surface area contributed by atoms with Crippen molar-refractivity contribution in [2.24, 2.45) is 0 Å². The van der Waals surface area contributed by atoms with Gasteiger partial charge in [0.15, 0.2) is 6.61 Å². The van der Waals surface area contributed by atoms with Crippen molar-refractivity contribution in [3.05, 3.63) is 63.4 Å². The molecule has 2 aromatic carbocycles. The molecule has 134 valence electrons. The second kappa shape index (κ2) is 8.33. The van der Waals surface area contributed by atoms with Crippen LogP contribution in [0.15, 0.2) is 51.5 Å². The van der Waals surface area contributed by atoms with Crippen LogP contribution in [0.3, 0.4) is 0 Å². The number of hydrogen-bond donors (Lipinski definition) is 1. The zero-order valence-electron chi connectivity index (χ0n) is 13.8. The SMILES string of the molecule is Cc1cccc(-c2noc(CNC(=O)COc3ccc(Br)cc3Cl)n2)c1. The van der Waals surface area contributed by atoms with E-state index in [0.717, 1.165) is 15.6 Å². The summed E-state index contributed by atoms with van der Waals surface area (Å²) in [5.41, 5.74) is 1.96. The van der Waals surface area contributed by atoms with Crippen LogP contribution in [-0.4, -0.2) is 22.7 Å². The average Bonchev–Trinajstić information content (AvgIpc) is 3.08. The van der Waals surface area contributed by atoms with E-state index in [2.05, 4.69) is 31.4 Å². The summed E-state index contributed by atoms with van der Waals surface area (Å²) >= 11 is 9.35. The molecule has 0 spiro atoms. The first-order valence-corrected chi connectivity index (χ1v) is 8.92. The van der Waals surface area contributed by atoms with Gasteiger partial charge in [-0.15, -0.1) is 0 Å². The van der Waals surface area contributed by atoms with E-state index in [9.17, 15) is 4.79 Å². The van der Waals surface area contributed by atoms with Gasteiger partial charge in [-0.25, -0.2) is 0 Å². The Balaban J connectivity index is 1.52. The number of halogens is 2. The van der Waals surface area contributed by atoms with Crippen molar-refractivity contribution in [3.63, 3.8) is 0 Å². The minimum Gasteiger partial charge on any atom is -0.482 e. The van der Waals surface area contributed by atoms with E-state index in [0.29, 0.717) is 22.5 Å². The maximum Gasteiger partial charge on any atom is 0.258 e. The van der Waals surface area contributed by atoms with Crippen molar-refractivity contribution < 1.29 is 14.1 Å². The second-order valence-corrected chi connectivity index (χ2v) is 6.84. The summed E-state index contributed by atoms with van der Waals surface area (Å²) in [6.07, 6.45) is 0. The van der Waals surface area contributed by atoms with Gasteiger partial charge in [0, 0.05) is 10.0 Å². The quantitative estimate of drug-likeness (QED) is 0.628. The van der Waals surface area contributed by atoms with Crippen LogP contribution in [0.2, 0.25) is 5.02 Å². The zero-order chi connectivity index (χ0) is 18.5. The normalized spacial score (nSPS) is 10.6. The predicted molar refractivity (Wildman–Crippen MR) is 101 cm³/mol. The summed E-state index contributed by atoms with van der Waals surface area (Å²) in [4.78, 5) is 16.2. The molecule has 1 heterocycles. The van der Waals surface area contributed by atoms with E-state index in [1.165, 1.54) is 0 Å². The molecule has 8 heteroatoms. The van der Waals surface area contributed by atoms with Crippen molar-refractivity contribution in [2.45, 2.75) is 13.5 Å². The summed E-state index contributed by atoms with van der Waals surface area (Å²) < 4.78 is 11.4. The molecule has 0 fully saturated rings. The molecule has 0 saturated heterocycles. The number of rotatable bonds is 6. The number of carbonyl (C=O) groups excluding carboxylic acids is 1. The molecule has 3 aromatic rings. The van der Waals surface area contributed by atoms with Crippen LogP contribution in [0.1, 0.15) is 11.5 Å². The highest BCUT2D eigenvalue weighted by atomic mass is 79.9. The lowest BCUT2D eigenvalue weighted by atomic mass is 10.1. The van der Waals surface area contributed by atoms with Gasteiger partial charge in [0.1, 0.15) is 5.75 Å². The van der Waals surface area contributed by atoms with Gasteiger partial charge in [0.05, 0.1) is 11.6 Å². The number of nitrogens with one attached hydrogen (secondary N) is 1. The molecule has 0 bridgehead atoms. The van der Waals surface area contributed by atoms with Gasteiger partial charge in [0.2, 0.25) is 11.7 Å². The summed E-state index contributed by atoms with van der Waals surface area (Å²) in [6.45, 7) is 1.94. The Hall–Kier alpha value is -2.38. The van der Waals surface area contributed by atoms with E-state index < -0.39 is 0 Å². The van der Waals surface area contributed by atoms with Crippen molar-refractivity contribution in [3.8, 4) is 17.1 Å². The van der Waals surface area contributed by atoms with Crippen LogP contribution in [0.25, 0.3) is 11.4 Å². The van der Waals surface area contributed by atoms with Gasteiger partial charge in [0.25, 0.3) is 5.91 Å². The smallest absolute Gasteiger partial charge is 0.258 e.